The topological polar surface area (TPSA) is 75.3 Å². The summed E-state index contributed by atoms with van der Waals surface area (Å²) in [7, 11) is -4.09. The molecule has 2 N–H and O–H groups in total. The molecule has 1 heterocycles. The van der Waals surface area contributed by atoms with Crippen LogP contribution in [0.15, 0.2) is 77.7 Å². The summed E-state index contributed by atoms with van der Waals surface area (Å²) in [6.45, 7) is 0. The van der Waals surface area contributed by atoms with Gasteiger partial charge in [-0.3, -0.25) is 9.52 Å². The number of hydrogen-bond acceptors (Lipinski definition) is 3. The van der Waals surface area contributed by atoms with Crippen molar-refractivity contribution in [2.45, 2.75) is 11.1 Å². The van der Waals surface area contributed by atoms with Gasteiger partial charge in [-0.15, -0.1) is 0 Å². The van der Waals surface area contributed by atoms with E-state index in [0.29, 0.717) is 16.8 Å². The van der Waals surface area contributed by atoms with Gasteiger partial charge in [0.15, 0.2) is 0 Å². The Kier molecular flexibility index (Phi) is 5.06. The molecule has 1 amide bonds. The first-order chi connectivity index (χ1) is 14.6. The maximum atomic E-state index is 12.8. The molecule has 0 saturated carbocycles. The smallest absolute Gasteiger partial charge is 0.321 e. The average molecular weight is 444 g/mol. The highest BCUT2D eigenvalue weighted by Crippen LogP contribution is 2.35. The van der Waals surface area contributed by atoms with E-state index in [1.54, 1.807) is 6.08 Å². The van der Waals surface area contributed by atoms with Crippen LogP contribution in [0.5, 0.6) is 0 Å². The molecule has 0 aliphatic carbocycles. The summed E-state index contributed by atoms with van der Waals surface area (Å²) < 4.78 is 65.9. The number of sulfonamides is 1. The molecule has 4 rings (SSSR count). The highest BCUT2D eigenvalue weighted by atomic mass is 32.2. The molecule has 0 radical (unpaired) electrons. The second kappa shape index (κ2) is 7.59. The van der Waals surface area contributed by atoms with Crippen molar-refractivity contribution in [1.82, 2.24) is 0 Å². The van der Waals surface area contributed by atoms with Crippen molar-refractivity contribution in [3.63, 3.8) is 0 Å². The van der Waals surface area contributed by atoms with Gasteiger partial charge in [0.05, 0.1) is 10.5 Å². The van der Waals surface area contributed by atoms with Crippen molar-refractivity contribution in [2.75, 3.05) is 10.0 Å². The van der Waals surface area contributed by atoms with Crippen molar-refractivity contribution in [2.24, 2.45) is 0 Å². The van der Waals surface area contributed by atoms with Crippen LogP contribution in [0.25, 0.3) is 11.6 Å². The number of carbonyl (C=O) groups is 1. The second-order valence-corrected chi connectivity index (χ2v) is 8.49. The van der Waals surface area contributed by atoms with Crippen molar-refractivity contribution in [3.8, 4) is 0 Å². The Labute approximate surface area is 176 Å². The van der Waals surface area contributed by atoms with Crippen LogP contribution in [0.3, 0.4) is 0 Å². The molecule has 5 nitrogen and oxygen atoms in total. The first kappa shape index (κ1) is 20.7. The van der Waals surface area contributed by atoms with Gasteiger partial charge in [-0.2, -0.15) is 13.2 Å². The summed E-state index contributed by atoms with van der Waals surface area (Å²) in [6.07, 6.45) is -2.86. The van der Waals surface area contributed by atoms with Gasteiger partial charge in [0.1, 0.15) is 0 Å². The molecular weight excluding hydrogens is 429 g/mol. The van der Waals surface area contributed by atoms with Crippen LogP contribution in [0.1, 0.15) is 16.7 Å². The fourth-order valence-corrected chi connectivity index (χ4v) is 4.22. The monoisotopic (exact) mass is 444 g/mol. The number of alkyl halides is 3. The van der Waals surface area contributed by atoms with Gasteiger partial charge in [-0.05, 0) is 54.1 Å². The number of hydrogen-bond donors (Lipinski definition) is 2. The Morgan fingerprint density at radius 2 is 1.58 bits per heavy atom. The molecule has 3 aromatic carbocycles. The maximum Gasteiger partial charge on any atom is 0.416 e. The molecule has 9 heteroatoms. The van der Waals surface area contributed by atoms with Crippen molar-refractivity contribution >= 4 is 39.0 Å². The van der Waals surface area contributed by atoms with Crippen LogP contribution in [0.4, 0.5) is 24.5 Å². The number of amides is 1. The van der Waals surface area contributed by atoms with Crippen molar-refractivity contribution in [1.29, 1.82) is 0 Å². The molecule has 31 heavy (non-hydrogen) atoms. The minimum absolute atomic E-state index is 0.0113. The second-order valence-electron chi connectivity index (χ2n) is 6.81. The Bertz CT molecular complexity index is 1280. The van der Waals surface area contributed by atoms with Crippen LogP contribution in [-0.4, -0.2) is 14.3 Å². The number of fused-ring (bicyclic) bond motifs is 1. The van der Waals surface area contributed by atoms with Gasteiger partial charge in [0.25, 0.3) is 15.9 Å². The SMILES string of the molecule is O=C1Nc2ccc(S(=O)(=O)Nc3ccc(C(F)(F)F)cc3)cc2C1=Cc1ccccc1. The molecule has 1 aliphatic rings. The zero-order chi connectivity index (χ0) is 22.2. The molecule has 0 spiro atoms. The quantitative estimate of drug-likeness (QED) is 0.556. The standard InChI is InChI=1S/C22H15F3N2O3S/c23-22(24,25)15-6-8-16(9-7-15)27-31(29,30)17-10-11-20-18(13-17)19(21(28)26-20)12-14-4-2-1-3-5-14/h1-13,27H,(H,26,28). The highest BCUT2D eigenvalue weighted by Gasteiger charge is 2.30. The van der Waals surface area contributed by atoms with Gasteiger partial charge >= 0.3 is 6.18 Å². The molecule has 0 unspecified atom stereocenters. The van der Waals surface area contributed by atoms with Gasteiger partial charge in [0.2, 0.25) is 0 Å². The van der Waals surface area contributed by atoms with Gasteiger partial charge in [-0.1, -0.05) is 30.3 Å². The average Bonchev–Trinajstić information content (AvgIpc) is 3.03. The lowest BCUT2D eigenvalue weighted by molar-refractivity contribution is -0.137. The zero-order valence-electron chi connectivity index (χ0n) is 15.8. The number of halogens is 3. The van der Waals surface area contributed by atoms with E-state index < -0.39 is 21.8 Å². The lowest BCUT2D eigenvalue weighted by Crippen LogP contribution is -2.13. The van der Waals surface area contributed by atoms with Crippen LogP contribution in [0.2, 0.25) is 0 Å². The van der Waals surface area contributed by atoms with Crippen LogP contribution in [-0.2, 0) is 21.0 Å². The molecule has 0 atom stereocenters. The fraction of sp³-hybridized carbons (Fsp3) is 0.0455. The molecule has 158 valence electrons. The van der Waals surface area contributed by atoms with E-state index in [1.165, 1.54) is 18.2 Å². The number of benzene rings is 3. The normalized spacial score (nSPS) is 14.9. The fourth-order valence-electron chi connectivity index (χ4n) is 3.13. The molecule has 3 aromatic rings. The first-order valence-electron chi connectivity index (χ1n) is 9.06. The third kappa shape index (κ3) is 4.31. The maximum absolute atomic E-state index is 12.8. The molecule has 0 fully saturated rings. The molecule has 0 bridgehead atoms. The van der Waals surface area contributed by atoms with E-state index in [-0.39, 0.29) is 16.5 Å². The summed E-state index contributed by atoms with van der Waals surface area (Å²) in [6, 6.07) is 16.9. The van der Waals surface area contributed by atoms with E-state index in [1.807, 2.05) is 30.3 Å². The van der Waals surface area contributed by atoms with E-state index >= 15 is 0 Å². The van der Waals surface area contributed by atoms with E-state index in [2.05, 4.69) is 10.0 Å². The molecule has 0 saturated heterocycles. The van der Waals surface area contributed by atoms with Crippen LogP contribution in [0, 0.1) is 0 Å². The molecular formula is C22H15F3N2O3S. The summed E-state index contributed by atoms with van der Waals surface area (Å²) in [4.78, 5) is 12.2. The minimum Gasteiger partial charge on any atom is -0.321 e. The zero-order valence-corrected chi connectivity index (χ0v) is 16.6. The lowest BCUT2D eigenvalue weighted by Gasteiger charge is -2.11. The van der Waals surface area contributed by atoms with E-state index in [4.69, 9.17) is 0 Å². The van der Waals surface area contributed by atoms with Gasteiger partial charge in [0, 0.05) is 22.5 Å². The van der Waals surface area contributed by atoms with Crippen molar-refractivity contribution in [3.05, 3.63) is 89.5 Å². The molecule has 1 aliphatic heterocycles. The Hall–Kier alpha value is -3.59. The Morgan fingerprint density at radius 3 is 2.23 bits per heavy atom. The third-order valence-corrected chi connectivity index (χ3v) is 6.04. The first-order valence-corrected chi connectivity index (χ1v) is 10.5. The van der Waals surface area contributed by atoms with Gasteiger partial charge in [-0.25, -0.2) is 8.42 Å². The number of nitrogens with one attached hydrogen (secondary N) is 2. The highest BCUT2D eigenvalue weighted by molar-refractivity contribution is 7.92. The van der Waals surface area contributed by atoms with Crippen molar-refractivity contribution < 1.29 is 26.4 Å². The summed E-state index contributed by atoms with van der Waals surface area (Å²) in [5.41, 5.74) is 1.09. The summed E-state index contributed by atoms with van der Waals surface area (Å²) >= 11 is 0. The van der Waals surface area contributed by atoms with E-state index in [0.717, 1.165) is 29.8 Å². The number of anilines is 2. The largest absolute Gasteiger partial charge is 0.416 e. The van der Waals surface area contributed by atoms with E-state index in [9.17, 15) is 26.4 Å². The summed E-state index contributed by atoms with van der Waals surface area (Å²) in [5, 5.41) is 2.69. The van der Waals surface area contributed by atoms with Crippen LogP contribution >= 0.6 is 0 Å². The predicted octanol–water partition coefficient (Wildman–Crippen LogP) is 5.00. The predicted molar refractivity (Wildman–Crippen MR) is 112 cm³/mol. The Balaban J connectivity index is 1.65. The molecule has 0 aromatic heterocycles. The number of rotatable bonds is 4. The lowest BCUT2D eigenvalue weighted by atomic mass is 10.0. The Morgan fingerprint density at radius 1 is 0.903 bits per heavy atom. The number of carbonyl (C=O) groups excluding carboxylic acids is 1. The van der Waals surface area contributed by atoms with Crippen LogP contribution < -0.4 is 10.0 Å². The third-order valence-electron chi connectivity index (χ3n) is 4.66. The minimum atomic E-state index is -4.52. The summed E-state index contributed by atoms with van der Waals surface area (Å²) in [5.74, 6) is -0.357. The van der Waals surface area contributed by atoms with Gasteiger partial charge < -0.3 is 5.32 Å².